The van der Waals surface area contributed by atoms with Gasteiger partial charge in [0.2, 0.25) is 11.8 Å². The van der Waals surface area contributed by atoms with Crippen LogP contribution in [0.15, 0.2) is 60.7 Å². The summed E-state index contributed by atoms with van der Waals surface area (Å²) in [5.41, 5.74) is 1.82. The number of rotatable bonds is 9. The van der Waals surface area contributed by atoms with Crippen LogP contribution in [-0.2, 0) is 21.0 Å². The number of amides is 2. The molecule has 0 spiro atoms. The lowest BCUT2D eigenvalue weighted by atomic mass is 10.2. The van der Waals surface area contributed by atoms with E-state index in [-0.39, 0.29) is 6.54 Å². The van der Waals surface area contributed by atoms with Gasteiger partial charge in [0.1, 0.15) is 18.9 Å². The fourth-order valence-electron chi connectivity index (χ4n) is 2.08. The summed E-state index contributed by atoms with van der Waals surface area (Å²) in [6, 6.07) is 17.0. The first-order valence-electron chi connectivity index (χ1n) is 8.24. The first kappa shape index (κ1) is 19.7. The third-order valence-electron chi connectivity index (χ3n) is 3.39. The van der Waals surface area contributed by atoms with E-state index in [1.165, 1.54) is 6.08 Å². The zero-order chi connectivity index (χ0) is 19.5. The average molecular weight is 368 g/mol. The van der Waals surface area contributed by atoms with E-state index in [1.54, 1.807) is 12.1 Å². The highest BCUT2D eigenvalue weighted by molar-refractivity contribution is 5.94. The lowest BCUT2D eigenvalue weighted by Crippen LogP contribution is -2.38. The predicted octanol–water partition coefficient (Wildman–Crippen LogP) is 1.60. The summed E-state index contributed by atoms with van der Waals surface area (Å²) in [5, 5.41) is 13.0. The number of carboxylic acids is 1. The van der Waals surface area contributed by atoms with Crippen molar-refractivity contribution in [1.29, 1.82) is 0 Å². The van der Waals surface area contributed by atoms with E-state index >= 15 is 0 Å². The number of carboxylic acid groups (broad SMARTS) is 1. The molecule has 0 saturated carbocycles. The van der Waals surface area contributed by atoms with E-state index in [4.69, 9.17) is 9.84 Å². The number of carbonyl (C=O) groups excluding carboxylic acids is 2. The SMILES string of the molecule is O=C(O)CNC(=O)CNC(=O)/C=C/c1cccc(OCc2ccccc2)c1. The minimum Gasteiger partial charge on any atom is -0.489 e. The molecule has 0 aromatic heterocycles. The predicted molar refractivity (Wildman–Crippen MR) is 99.9 cm³/mol. The molecule has 7 nitrogen and oxygen atoms in total. The largest absolute Gasteiger partial charge is 0.489 e. The lowest BCUT2D eigenvalue weighted by molar-refractivity contribution is -0.137. The molecule has 2 aromatic rings. The maximum Gasteiger partial charge on any atom is 0.322 e. The number of ether oxygens (including phenoxy) is 1. The van der Waals surface area contributed by atoms with Gasteiger partial charge in [-0.3, -0.25) is 14.4 Å². The lowest BCUT2D eigenvalue weighted by Gasteiger charge is -2.07. The smallest absolute Gasteiger partial charge is 0.322 e. The third-order valence-corrected chi connectivity index (χ3v) is 3.39. The monoisotopic (exact) mass is 368 g/mol. The normalized spacial score (nSPS) is 10.4. The first-order valence-corrected chi connectivity index (χ1v) is 8.24. The number of carbonyl (C=O) groups is 3. The van der Waals surface area contributed by atoms with Crippen LogP contribution in [0.3, 0.4) is 0 Å². The molecular formula is C20H20N2O5. The van der Waals surface area contributed by atoms with Gasteiger partial charge in [-0.1, -0.05) is 42.5 Å². The Kier molecular flexibility index (Phi) is 7.59. The molecule has 0 radical (unpaired) electrons. The third kappa shape index (κ3) is 7.87. The minimum absolute atomic E-state index is 0.295. The summed E-state index contributed by atoms with van der Waals surface area (Å²) in [7, 11) is 0. The van der Waals surface area contributed by atoms with Crippen LogP contribution in [0, 0.1) is 0 Å². The number of hydrogen-bond acceptors (Lipinski definition) is 4. The molecule has 0 aliphatic heterocycles. The molecule has 0 saturated heterocycles. The Morgan fingerprint density at radius 1 is 0.963 bits per heavy atom. The summed E-state index contributed by atoms with van der Waals surface area (Å²) < 4.78 is 5.73. The van der Waals surface area contributed by atoms with Crippen molar-refractivity contribution >= 4 is 23.9 Å². The number of aliphatic carboxylic acids is 1. The zero-order valence-corrected chi connectivity index (χ0v) is 14.6. The van der Waals surface area contributed by atoms with Gasteiger partial charge in [0.15, 0.2) is 0 Å². The minimum atomic E-state index is -1.15. The number of benzene rings is 2. The second kappa shape index (κ2) is 10.4. The van der Waals surface area contributed by atoms with Crippen molar-refractivity contribution in [2.75, 3.05) is 13.1 Å². The Morgan fingerprint density at radius 3 is 2.48 bits per heavy atom. The van der Waals surface area contributed by atoms with Crippen LogP contribution in [0.5, 0.6) is 5.75 Å². The molecule has 2 aromatic carbocycles. The van der Waals surface area contributed by atoms with Crippen LogP contribution < -0.4 is 15.4 Å². The van der Waals surface area contributed by atoms with Crippen molar-refractivity contribution in [3.05, 3.63) is 71.8 Å². The molecule has 0 aliphatic carbocycles. The van der Waals surface area contributed by atoms with Crippen molar-refractivity contribution in [2.24, 2.45) is 0 Å². The van der Waals surface area contributed by atoms with Crippen LogP contribution in [0.1, 0.15) is 11.1 Å². The highest BCUT2D eigenvalue weighted by atomic mass is 16.5. The molecule has 3 N–H and O–H groups in total. The molecule has 0 unspecified atom stereocenters. The van der Waals surface area contributed by atoms with Crippen molar-refractivity contribution in [1.82, 2.24) is 10.6 Å². The molecule has 0 aliphatic rings. The van der Waals surface area contributed by atoms with E-state index in [0.29, 0.717) is 12.4 Å². The van der Waals surface area contributed by atoms with Crippen molar-refractivity contribution in [2.45, 2.75) is 6.61 Å². The highest BCUT2D eigenvalue weighted by Gasteiger charge is 2.05. The molecule has 0 atom stereocenters. The molecule has 0 bridgehead atoms. The van der Waals surface area contributed by atoms with E-state index < -0.39 is 24.3 Å². The van der Waals surface area contributed by atoms with E-state index in [9.17, 15) is 14.4 Å². The van der Waals surface area contributed by atoms with Gasteiger partial charge in [-0.2, -0.15) is 0 Å². The van der Waals surface area contributed by atoms with Gasteiger partial charge in [0, 0.05) is 6.08 Å². The number of nitrogens with one attached hydrogen (secondary N) is 2. The Bertz CT molecular complexity index is 818. The topological polar surface area (TPSA) is 105 Å². The second-order valence-electron chi connectivity index (χ2n) is 5.57. The maximum absolute atomic E-state index is 11.7. The Hall–Kier alpha value is -3.61. The van der Waals surface area contributed by atoms with E-state index in [2.05, 4.69) is 10.6 Å². The van der Waals surface area contributed by atoms with Crippen LogP contribution in [0.2, 0.25) is 0 Å². The van der Waals surface area contributed by atoms with Crippen molar-refractivity contribution in [3.8, 4) is 5.75 Å². The van der Waals surface area contributed by atoms with Gasteiger partial charge in [-0.25, -0.2) is 0 Å². The first-order chi connectivity index (χ1) is 13.0. The zero-order valence-electron chi connectivity index (χ0n) is 14.6. The Morgan fingerprint density at radius 2 is 1.74 bits per heavy atom. The van der Waals surface area contributed by atoms with Gasteiger partial charge < -0.3 is 20.5 Å². The molecule has 140 valence electrons. The van der Waals surface area contributed by atoms with Crippen LogP contribution in [0.4, 0.5) is 0 Å². The van der Waals surface area contributed by atoms with E-state index in [1.807, 2.05) is 48.5 Å². The summed E-state index contributed by atoms with van der Waals surface area (Å²) in [4.78, 5) is 33.4. The average Bonchev–Trinajstić information content (AvgIpc) is 2.68. The molecule has 2 amide bonds. The van der Waals surface area contributed by atoms with Gasteiger partial charge in [-0.05, 0) is 29.3 Å². The quantitative estimate of drug-likeness (QED) is 0.583. The molecule has 7 heteroatoms. The summed E-state index contributed by atoms with van der Waals surface area (Å²) >= 11 is 0. The second-order valence-corrected chi connectivity index (χ2v) is 5.57. The van der Waals surface area contributed by atoms with Crippen LogP contribution in [0.25, 0.3) is 6.08 Å². The van der Waals surface area contributed by atoms with Gasteiger partial charge >= 0.3 is 5.97 Å². The molecule has 0 heterocycles. The van der Waals surface area contributed by atoms with Crippen LogP contribution >= 0.6 is 0 Å². The van der Waals surface area contributed by atoms with Crippen molar-refractivity contribution in [3.63, 3.8) is 0 Å². The fourth-order valence-corrected chi connectivity index (χ4v) is 2.08. The molecule has 27 heavy (non-hydrogen) atoms. The fraction of sp³-hybridized carbons (Fsp3) is 0.150. The highest BCUT2D eigenvalue weighted by Crippen LogP contribution is 2.16. The summed E-state index contributed by atoms with van der Waals surface area (Å²) in [6.45, 7) is -0.336. The van der Waals surface area contributed by atoms with Crippen LogP contribution in [-0.4, -0.2) is 36.0 Å². The number of hydrogen-bond donors (Lipinski definition) is 3. The maximum atomic E-state index is 11.7. The Balaban J connectivity index is 1.81. The van der Waals surface area contributed by atoms with E-state index in [0.717, 1.165) is 11.1 Å². The van der Waals surface area contributed by atoms with Gasteiger partial charge in [-0.15, -0.1) is 0 Å². The van der Waals surface area contributed by atoms with Gasteiger partial charge in [0.25, 0.3) is 0 Å². The molecular weight excluding hydrogens is 348 g/mol. The standard InChI is InChI=1S/C20H20N2O5/c23-18(21-12-19(24)22-13-20(25)26)10-9-15-7-4-8-17(11-15)27-14-16-5-2-1-3-6-16/h1-11H,12-14H2,(H,21,23)(H,22,24)(H,25,26)/b10-9+. The molecule has 2 rings (SSSR count). The summed E-state index contributed by atoms with van der Waals surface area (Å²) in [6.07, 6.45) is 2.89. The van der Waals surface area contributed by atoms with Gasteiger partial charge in [0.05, 0.1) is 6.54 Å². The molecule has 0 fully saturated rings. The van der Waals surface area contributed by atoms with Crippen molar-refractivity contribution < 1.29 is 24.2 Å². The summed E-state index contributed by atoms with van der Waals surface area (Å²) in [5.74, 6) is -1.51. The Labute approximate surface area is 156 Å².